The van der Waals surface area contributed by atoms with Gasteiger partial charge in [0.2, 0.25) is 5.91 Å². The number of amides is 1. The normalized spacial score (nSPS) is 10.8. The number of aryl methyl sites for hydroxylation is 2. The molecule has 1 amide bonds. The van der Waals surface area contributed by atoms with Crippen LogP contribution in [0.4, 0.5) is 5.69 Å². The summed E-state index contributed by atoms with van der Waals surface area (Å²) >= 11 is 0. The van der Waals surface area contributed by atoms with Crippen molar-refractivity contribution in [3.05, 3.63) is 83.0 Å². The minimum atomic E-state index is -0.615. The molecular formula is C28H27N3O5. The third kappa shape index (κ3) is 5.27. The molecule has 36 heavy (non-hydrogen) atoms. The molecule has 8 heteroatoms. The summed E-state index contributed by atoms with van der Waals surface area (Å²) in [5.74, 6) is -1.47. The highest BCUT2D eigenvalue weighted by Gasteiger charge is 2.18. The number of hydrogen-bond acceptors (Lipinski definition) is 6. The van der Waals surface area contributed by atoms with Gasteiger partial charge < -0.3 is 19.8 Å². The molecule has 0 bridgehead atoms. The van der Waals surface area contributed by atoms with Crippen molar-refractivity contribution in [2.45, 2.75) is 26.2 Å². The number of ether oxygens (including phenoxy) is 2. The van der Waals surface area contributed by atoms with Crippen molar-refractivity contribution in [2.24, 2.45) is 0 Å². The molecule has 0 aliphatic heterocycles. The Balaban J connectivity index is 1.53. The van der Waals surface area contributed by atoms with Crippen LogP contribution < -0.4 is 5.32 Å². The number of pyridine rings is 1. The Morgan fingerprint density at radius 2 is 1.78 bits per heavy atom. The van der Waals surface area contributed by atoms with Crippen molar-refractivity contribution >= 4 is 34.4 Å². The number of methoxy groups -OCH3 is 2. The molecule has 2 N–H and O–H groups in total. The Morgan fingerprint density at radius 3 is 2.50 bits per heavy atom. The molecule has 2 aromatic carbocycles. The molecule has 184 valence electrons. The monoisotopic (exact) mass is 485 g/mol. The topological polar surface area (TPSA) is 110 Å². The van der Waals surface area contributed by atoms with E-state index in [1.807, 2.05) is 25.1 Å². The zero-order valence-electron chi connectivity index (χ0n) is 20.4. The van der Waals surface area contributed by atoms with Crippen LogP contribution in [0.5, 0.6) is 0 Å². The number of carbonyl (C=O) groups is 3. The van der Waals surface area contributed by atoms with Crippen LogP contribution in [0, 0.1) is 6.92 Å². The summed E-state index contributed by atoms with van der Waals surface area (Å²) in [4.78, 5) is 44.9. The zero-order valence-corrected chi connectivity index (χ0v) is 20.4. The lowest BCUT2D eigenvalue weighted by Gasteiger charge is -2.12. The molecule has 0 aliphatic carbocycles. The minimum Gasteiger partial charge on any atom is -0.465 e. The Kier molecular flexibility index (Phi) is 7.44. The number of anilines is 1. The van der Waals surface area contributed by atoms with Gasteiger partial charge in [0.15, 0.2) is 0 Å². The van der Waals surface area contributed by atoms with Gasteiger partial charge in [-0.05, 0) is 67.8 Å². The fourth-order valence-corrected chi connectivity index (χ4v) is 4.17. The van der Waals surface area contributed by atoms with Gasteiger partial charge in [-0.3, -0.25) is 9.78 Å². The summed E-state index contributed by atoms with van der Waals surface area (Å²) in [6.45, 7) is 2.05. The SMILES string of the molecule is COC(=O)c1ccc(C(=O)OC)c(NC(=O)CCCc2c(-c3ccccn3)[nH]c3ccc(C)cc23)c1. The molecular weight excluding hydrogens is 458 g/mol. The molecule has 2 aromatic heterocycles. The number of aromatic amines is 1. The third-order valence-electron chi connectivity index (χ3n) is 5.93. The Bertz CT molecular complexity index is 1430. The Labute approximate surface area is 208 Å². The van der Waals surface area contributed by atoms with E-state index in [1.165, 1.54) is 32.4 Å². The van der Waals surface area contributed by atoms with Crippen molar-refractivity contribution in [2.75, 3.05) is 19.5 Å². The van der Waals surface area contributed by atoms with E-state index in [9.17, 15) is 14.4 Å². The first-order valence-electron chi connectivity index (χ1n) is 11.5. The third-order valence-corrected chi connectivity index (χ3v) is 5.93. The van der Waals surface area contributed by atoms with Gasteiger partial charge in [-0.25, -0.2) is 9.59 Å². The number of nitrogens with one attached hydrogen (secondary N) is 2. The molecule has 0 radical (unpaired) electrons. The van der Waals surface area contributed by atoms with E-state index < -0.39 is 11.9 Å². The molecule has 0 spiro atoms. The quantitative estimate of drug-likeness (QED) is 0.337. The number of benzene rings is 2. The standard InChI is InChI=1S/C28H27N3O5/c1-17-10-13-22-21(15-17)19(26(31-22)23-8-4-5-14-29-23)7-6-9-25(32)30-24-16-18(27(33)35-2)11-12-20(24)28(34)36-3/h4-5,8,10-16,31H,6-7,9H2,1-3H3,(H,30,32). The van der Waals surface area contributed by atoms with Crippen LogP contribution in [-0.4, -0.2) is 42.0 Å². The zero-order chi connectivity index (χ0) is 25.7. The van der Waals surface area contributed by atoms with Crippen LogP contribution >= 0.6 is 0 Å². The predicted octanol–water partition coefficient (Wildman–Crippen LogP) is 5.07. The first-order valence-corrected chi connectivity index (χ1v) is 11.5. The highest BCUT2D eigenvalue weighted by molar-refractivity contribution is 6.03. The number of esters is 2. The van der Waals surface area contributed by atoms with Gasteiger partial charge in [-0.2, -0.15) is 0 Å². The van der Waals surface area contributed by atoms with Crippen LogP contribution in [0.3, 0.4) is 0 Å². The van der Waals surface area contributed by atoms with Crippen molar-refractivity contribution in [3.63, 3.8) is 0 Å². The van der Waals surface area contributed by atoms with Crippen LogP contribution in [-0.2, 0) is 20.7 Å². The highest BCUT2D eigenvalue weighted by Crippen LogP contribution is 2.31. The predicted molar refractivity (Wildman–Crippen MR) is 137 cm³/mol. The molecule has 8 nitrogen and oxygen atoms in total. The average Bonchev–Trinajstić information content (AvgIpc) is 3.25. The maximum atomic E-state index is 12.8. The van der Waals surface area contributed by atoms with Gasteiger partial charge in [-0.15, -0.1) is 0 Å². The smallest absolute Gasteiger partial charge is 0.339 e. The van der Waals surface area contributed by atoms with Gasteiger partial charge in [-0.1, -0.05) is 17.7 Å². The number of aromatic nitrogens is 2. The second-order valence-corrected chi connectivity index (χ2v) is 8.39. The van der Waals surface area contributed by atoms with Gasteiger partial charge in [0.25, 0.3) is 0 Å². The summed E-state index contributed by atoms with van der Waals surface area (Å²) in [7, 11) is 2.52. The summed E-state index contributed by atoms with van der Waals surface area (Å²) in [5.41, 5.74) is 5.62. The van der Waals surface area contributed by atoms with E-state index in [1.54, 1.807) is 6.20 Å². The maximum Gasteiger partial charge on any atom is 0.339 e. The van der Waals surface area contributed by atoms with Gasteiger partial charge in [0.05, 0.1) is 42.4 Å². The lowest BCUT2D eigenvalue weighted by molar-refractivity contribution is -0.116. The molecule has 0 fully saturated rings. The lowest BCUT2D eigenvalue weighted by Crippen LogP contribution is -2.16. The second kappa shape index (κ2) is 10.9. The van der Waals surface area contributed by atoms with E-state index in [2.05, 4.69) is 33.5 Å². The fraction of sp³-hybridized carbons (Fsp3) is 0.214. The summed E-state index contributed by atoms with van der Waals surface area (Å²) in [6, 6.07) is 16.3. The second-order valence-electron chi connectivity index (χ2n) is 8.39. The number of hydrogen-bond donors (Lipinski definition) is 2. The van der Waals surface area contributed by atoms with E-state index in [0.717, 1.165) is 33.4 Å². The van der Waals surface area contributed by atoms with Crippen molar-refractivity contribution in [1.82, 2.24) is 9.97 Å². The fourth-order valence-electron chi connectivity index (χ4n) is 4.17. The molecule has 0 saturated heterocycles. The van der Waals surface area contributed by atoms with E-state index in [-0.39, 0.29) is 29.1 Å². The molecule has 4 rings (SSSR count). The molecule has 2 heterocycles. The van der Waals surface area contributed by atoms with Crippen LogP contribution in [0.15, 0.2) is 60.8 Å². The van der Waals surface area contributed by atoms with Gasteiger partial charge in [0, 0.05) is 23.5 Å². The van der Waals surface area contributed by atoms with Crippen molar-refractivity contribution < 1.29 is 23.9 Å². The van der Waals surface area contributed by atoms with E-state index in [4.69, 9.17) is 9.47 Å². The van der Waals surface area contributed by atoms with Gasteiger partial charge >= 0.3 is 11.9 Å². The number of nitrogens with zero attached hydrogens (tertiary/aromatic N) is 1. The lowest BCUT2D eigenvalue weighted by atomic mass is 10.0. The summed E-state index contributed by atoms with van der Waals surface area (Å²) in [6.07, 6.45) is 3.18. The van der Waals surface area contributed by atoms with Crippen molar-refractivity contribution in [1.29, 1.82) is 0 Å². The summed E-state index contributed by atoms with van der Waals surface area (Å²) < 4.78 is 9.55. The number of H-pyrrole nitrogens is 1. The van der Waals surface area contributed by atoms with Crippen LogP contribution in [0.2, 0.25) is 0 Å². The first-order chi connectivity index (χ1) is 17.4. The molecule has 0 unspecified atom stereocenters. The molecule has 0 atom stereocenters. The number of rotatable bonds is 8. The van der Waals surface area contributed by atoms with Crippen LogP contribution in [0.25, 0.3) is 22.3 Å². The number of carbonyl (C=O) groups excluding carboxylic acids is 3. The maximum absolute atomic E-state index is 12.8. The molecule has 0 aliphatic rings. The van der Waals surface area contributed by atoms with E-state index >= 15 is 0 Å². The molecule has 0 saturated carbocycles. The average molecular weight is 486 g/mol. The highest BCUT2D eigenvalue weighted by atomic mass is 16.5. The largest absolute Gasteiger partial charge is 0.465 e. The Hall–Kier alpha value is -4.46. The number of fused-ring (bicyclic) bond motifs is 1. The van der Waals surface area contributed by atoms with Crippen LogP contribution in [0.1, 0.15) is 44.7 Å². The van der Waals surface area contributed by atoms with E-state index in [0.29, 0.717) is 12.8 Å². The summed E-state index contributed by atoms with van der Waals surface area (Å²) in [5, 5.41) is 3.86. The Morgan fingerprint density at radius 1 is 0.972 bits per heavy atom. The van der Waals surface area contributed by atoms with Gasteiger partial charge in [0.1, 0.15) is 0 Å². The van der Waals surface area contributed by atoms with Crippen molar-refractivity contribution in [3.8, 4) is 11.4 Å². The molecule has 4 aromatic rings. The minimum absolute atomic E-state index is 0.156. The first kappa shape index (κ1) is 24.7.